The lowest BCUT2D eigenvalue weighted by molar-refractivity contribution is -0.117. The van der Waals surface area contributed by atoms with Gasteiger partial charge in [-0.05, 0) is 37.6 Å². The van der Waals surface area contributed by atoms with Crippen LogP contribution in [0.15, 0.2) is 18.2 Å². The zero-order chi connectivity index (χ0) is 14.5. The van der Waals surface area contributed by atoms with Crippen molar-refractivity contribution in [2.24, 2.45) is 5.92 Å². The van der Waals surface area contributed by atoms with Gasteiger partial charge in [0.2, 0.25) is 5.91 Å². The predicted molar refractivity (Wildman–Crippen MR) is 80.2 cm³/mol. The van der Waals surface area contributed by atoms with Crippen LogP contribution in [0.4, 0.5) is 10.1 Å². The number of amides is 1. The Kier molecular flexibility index (Phi) is 5.64. The number of likely N-dealkylation sites (tertiary alicyclic amines) is 1. The minimum Gasteiger partial charge on any atom is -0.325 e. The molecule has 0 saturated carbocycles. The smallest absolute Gasteiger partial charge is 0.238 e. The van der Waals surface area contributed by atoms with Gasteiger partial charge in [-0.15, -0.1) is 0 Å². The average Bonchev–Trinajstić information content (AvgIpc) is 2.37. The van der Waals surface area contributed by atoms with Crippen molar-refractivity contribution in [1.29, 1.82) is 0 Å². The number of halogens is 3. The Bertz CT molecular complexity index is 464. The number of piperidine rings is 1. The summed E-state index contributed by atoms with van der Waals surface area (Å²) in [6.07, 6.45) is 1.84. The van der Waals surface area contributed by atoms with Crippen molar-refractivity contribution in [2.45, 2.75) is 12.8 Å². The molecule has 0 aliphatic carbocycles. The molecule has 3 nitrogen and oxygen atoms in total. The second kappa shape index (κ2) is 7.25. The van der Waals surface area contributed by atoms with Crippen LogP contribution in [0.1, 0.15) is 12.8 Å². The Labute approximate surface area is 128 Å². The second-order valence-electron chi connectivity index (χ2n) is 5.10. The van der Waals surface area contributed by atoms with Crippen molar-refractivity contribution >= 4 is 34.8 Å². The number of rotatable bonds is 4. The number of hydrogen-bond acceptors (Lipinski definition) is 2. The average molecular weight is 319 g/mol. The fourth-order valence-corrected chi connectivity index (χ4v) is 2.98. The highest BCUT2D eigenvalue weighted by atomic mass is 35.5. The highest BCUT2D eigenvalue weighted by molar-refractivity contribution is 6.35. The van der Waals surface area contributed by atoms with Gasteiger partial charge in [0.15, 0.2) is 0 Å². The van der Waals surface area contributed by atoms with Crippen LogP contribution in [0.25, 0.3) is 0 Å². The molecule has 1 aliphatic heterocycles. The second-order valence-corrected chi connectivity index (χ2v) is 5.98. The molecule has 1 fully saturated rings. The van der Waals surface area contributed by atoms with Crippen molar-refractivity contribution in [3.8, 4) is 0 Å². The predicted octanol–water partition coefficient (Wildman–Crippen LogP) is 3.61. The number of anilines is 1. The van der Waals surface area contributed by atoms with E-state index in [9.17, 15) is 9.18 Å². The molecule has 1 amide bonds. The van der Waals surface area contributed by atoms with E-state index in [1.165, 1.54) is 0 Å². The molecule has 110 valence electrons. The summed E-state index contributed by atoms with van der Waals surface area (Å²) < 4.78 is 12.7. The Morgan fingerprint density at radius 2 is 2.05 bits per heavy atom. The SMILES string of the molecule is O=C(CN1CCCC(CF)C1)Nc1cc(Cl)cc(Cl)c1. The first-order chi connectivity index (χ1) is 9.56. The first-order valence-electron chi connectivity index (χ1n) is 6.61. The Balaban J connectivity index is 1.88. The van der Waals surface area contributed by atoms with Gasteiger partial charge in [0.25, 0.3) is 0 Å². The first-order valence-corrected chi connectivity index (χ1v) is 7.36. The van der Waals surface area contributed by atoms with Gasteiger partial charge < -0.3 is 5.32 Å². The van der Waals surface area contributed by atoms with Gasteiger partial charge in [0.05, 0.1) is 13.2 Å². The van der Waals surface area contributed by atoms with Crippen molar-refractivity contribution < 1.29 is 9.18 Å². The van der Waals surface area contributed by atoms with Gasteiger partial charge in [0.1, 0.15) is 0 Å². The molecule has 0 radical (unpaired) electrons. The fourth-order valence-electron chi connectivity index (χ4n) is 2.45. The van der Waals surface area contributed by atoms with E-state index in [0.29, 0.717) is 22.3 Å². The van der Waals surface area contributed by atoms with Crippen LogP contribution >= 0.6 is 23.2 Å². The molecule has 1 N–H and O–H groups in total. The van der Waals surface area contributed by atoms with E-state index in [1.54, 1.807) is 18.2 Å². The van der Waals surface area contributed by atoms with Gasteiger partial charge in [-0.25, -0.2) is 0 Å². The van der Waals surface area contributed by atoms with Crippen LogP contribution in [0.5, 0.6) is 0 Å². The first kappa shape index (κ1) is 15.5. The number of alkyl halides is 1. The maximum atomic E-state index is 12.7. The number of carbonyl (C=O) groups is 1. The lowest BCUT2D eigenvalue weighted by atomic mass is 9.99. The van der Waals surface area contributed by atoms with E-state index < -0.39 is 0 Å². The zero-order valence-corrected chi connectivity index (χ0v) is 12.6. The van der Waals surface area contributed by atoms with E-state index in [-0.39, 0.29) is 25.0 Å². The van der Waals surface area contributed by atoms with E-state index in [1.807, 2.05) is 4.90 Å². The van der Waals surface area contributed by atoms with Gasteiger partial charge in [0, 0.05) is 28.2 Å². The third-order valence-corrected chi connectivity index (χ3v) is 3.77. The number of carbonyl (C=O) groups excluding carboxylic acids is 1. The molecule has 1 saturated heterocycles. The minimum absolute atomic E-state index is 0.0529. The molecular formula is C14H17Cl2FN2O. The third kappa shape index (κ3) is 4.62. The number of benzene rings is 1. The van der Waals surface area contributed by atoms with E-state index >= 15 is 0 Å². The lowest BCUT2D eigenvalue weighted by Crippen LogP contribution is -2.41. The third-order valence-electron chi connectivity index (χ3n) is 3.33. The van der Waals surface area contributed by atoms with Crippen molar-refractivity contribution in [1.82, 2.24) is 4.90 Å². The summed E-state index contributed by atoms with van der Waals surface area (Å²) in [5.74, 6) is -0.0833. The van der Waals surface area contributed by atoms with Gasteiger partial charge in [-0.3, -0.25) is 14.1 Å². The molecule has 2 rings (SSSR count). The van der Waals surface area contributed by atoms with Crippen molar-refractivity contribution in [2.75, 3.05) is 31.6 Å². The summed E-state index contributed by atoms with van der Waals surface area (Å²) in [5.41, 5.74) is 0.576. The standard InChI is InChI=1S/C14H17Cl2FN2O/c15-11-4-12(16)6-13(5-11)18-14(20)9-19-3-1-2-10(7-17)8-19/h4-6,10H,1-3,7-9H2,(H,18,20). The molecule has 6 heteroatoms. The van der Waals surface area contributed by atoms with Crippen molar-refractivity contribution in [3.63, 3.8) is 0 Å². The summed E-state index contributed by atoms with van der Waals surface area (Å²) in [6, 6.07) is 4.90. The van der Waals surface area contributed by atoms with Crippen LogP contribution < -0.4 is 5.32 Å². The number of nitrogens with zero attached hydrogens (tertiary/aromatic N) is 1. The lowest BCUT2D eigenvalue weighted by Gasteiger charge is -2.30. The van der Waals surface area contributed by atoms with Crippen LogP contribution in [-0.4, -0.2) is 37.1 Å². The molecule has 1 aliphatic rings. The van der Waals surface area contributed by atoms with E-state index in [0.717, 1.165) is 19.4 Å². The van der Waals surface area contributed by atoms with Crippen LogP contribution in [-0.2, 0) is 4.79 Å². The number of hydrogen-bond donors (Lipinski definition) is 1. The molecule has 0 spiro atoms. The van der Waals surface area contributed by atoms with E-state index in [2.05, 4.69) is 5.32 Å². The molecule has 1 aromatic rings. The Morgan fingerprint density at radius 1 is 1.35 bits per heavy atom. The highest BCUT2D eigenvalue weighted by Crippen LogP contribution is 2.22. The molecule has 1 heterocycles. The quantitative estimate of drug-likeness (QED) is 0.919. The summed E-state index contributed by atoms with van der Waals surface area (Å²) in [5, 5.41) is 3.71. The molecule has 1 atom stereocenters. The molecule has 1 unspecified atom stereocenters. The largest absolute Gasteiger partial charge is 0.325 e. The van der Waals surface area contributed by atoms with Gasteiger partial charge in [-0.1, -0.05) is 23.2 Å². The maximum absolute atomic E-state index is 12.7. The Hall–Kier alpha value is -0.840. The summed E-state index contributed by atoms with van der Waals surface area (Å²) in [4.78, 5) is 13.9. The monoisotopic (exact) mass is 318 g/mol. The molecular weight excluding hydrogens is 302 g/mol. The van der Waals surface area contributed by atoms with E-state index in [4.69, 9.17) is 23.2 Å². The summed E-state index contributed by atoms with van der Waals surface area (Å²) >= 11 is 11.8. The molecule has 1 aromatic carbocycles. The minimum atomic E-state index is -0.317. The summed E-state index contributed by atoms with van der Waals surface area (Å²) in [6.45, 7) is 1.42. The number of nitrogens with one attached hydrogen (secondary N) is 1. The maximum Gasteiger partial charge on any atom is 0.238 e. The normalized spacial score (nSPS) is 19.9. The highest BCUT2D eigenvalue weighted by Gasteiger charge is 2.21. The zero-order valence-electron chi connectivity index (χ0n) is 11.0. The van der Waals surface area contributed by atoms with Gasteiger partial charge >= 0.3 is 0 Å². The molecule has 20 heavy (non-hydrogen) atoms. The van der Waals surface area contributed by atoms with Crippen molar-refractivity contribution in [3.05, 3.63) is 28.2 Å². The Morgan fingerprint density at radius 3 is 2.70 bits per heavy atom. The van der Waals surface area contributed by atoms with Crippen LogP contribution in [0, 0.1) is 5.92 Å². The van der Waals surface area contributed by atoms with Gasteiger partial charge in [-0.2, -0.15) is 0 Å². The van der Waals surface area contributed by atoms with Crippen LogP contribution in [0.3, 0.4) is 0 Å². The van der Waals surface area contributed by atoms with Crippen LogP contribution in [0.2, 0.25) is 10.0 Å². The fraction of sp³-hybridized carbons (Fsp3) is 0.500. The summed E-state index contributed by atoms with van der Waals surface area (Å²) in [7, 11) is 0. The molecule has 0 bridgehead atoms. The molecule has 0 aromatic heterocycles. The topological polar surface area (TPSA) is 32.3 Å².